The van der Waals surface area contributed by atoms with Crippen molar-refractivity contribution in [1.29, 1.82) is 0 Å². The van der Waals surface area contributed by atoms with Gasteiger partial charge in [-0.3, -0.25) is 33.8 Å². The number of primary amides is 2. The van der Waals surface area contributed by atoms with Crippen LogP contribution in [0.15, 0.2) is 72.9 Å². The summed E-state index contributed by atoms with van der Waals surface area (Å²) in [4.78, 5) is 80.5. The van der Waals surface area contributed by atoms with Crippen molar-refractivity contribution in [2.24, 2.45) is 49.2 Å². The molecule has 6 atom stereocenters. The summed E-state index contributed by atoms with van der Waals surface area (Å²) in [5.74, 6) is -1.59. The monoisotopic (exact) mass is 962 g/mol. The van der Waals surface area contributed by atoms with Crippen molar-refractivity contribution in [3.63, 3.8) is 0 Å². The van der Waals surface area contributed by atoms with Crippen LogP contribution in [0.4, 0.5) is 0 Å². The Morgan fingerprint density at radius 1 is 0.671 bits per heavy atom. The van der Waals surface area contributed by atoms with E-state index >= 15 is 0 Å². The number of aryl methyl sites for hydroxylation is 2. The predicted molar refractivity (Wildman–Crippen MR) is 269 cm³/mol. The predicted octanol–water partition coefficient (Wildman–Crippen LogP) is 5.69. The second-order valence-corrected chi connectivity index (χ2v) is 19.7. The highest BCUT2D eigenvalue weighted by atomic mass is 16.5. The van der Waals surface area contributed by atoms with E-state index < -0.39 is 35.7 Å². The fraction of sp³-hybridized carbons (Fsp3) is 0.491. The van der Waals surface area contributed by atoms with Gasteiger partial charge >= 0.3 is 0 Å². The van der Waals surface area contributed by atoms with Gasteiger partial charge in [0.05, 0.1) is 29.5 Å². The molecule has 0 unspecified atom stereocenters. The molecular formula is C53H71N9O8. The van der Waals surface area contributed by atoms with Crippen molar-refractivity contribution in [3.8, 4) is 11.5 Å². The average molecular weight is 962 g/mol. The van der Waals surface area contributed by atoms with Gasteiger partial charge in [0.15, 0.2) is 0 Å². The van der Waals surface area contributed by atoms with Gasteiger partial charge in [-0.25, -0.2) is 0 Å². The molecule has 0 aliphatic heterocycles. The molecule has 3 heterocycles. The third-order valence-corrected chi connectivity index (χ3v) is 13.4. The number of rotatable bonds is 18. The first-order valence-corrected chi connectivity index (χ1v) is 24.6. The molecule has 2 aromatic carbocycles. The first-order chi connectivity index (χ1) is 33.4. The number of aromatic nitrogens is 3. The molecule has 2 aliphatic rings. The second-order valence-electron chi connectivity index (χ2n) is 19.7. The Morgan fingerprint density at radius 3 is 1.63 bits per heavy atom. The van der Waals surface area contributed by atoms with E-state index in [1.54, 1.807) is 42.1 Å². The zero-order chi connectivity index (χ0) is 50.6. The van der Waals surface area contributed by atoms with Crippen LogP contribution in [-0.4, -0.2) is 85.4 Å². The smallest absolute Gasteiger partial charge is 0.268 e. The molecule has 17 heteroatoms. The van der Waals surface area contributed by atoms with Crippen LogP contribution in [0.5, 0.6) is 11.5 Å². The number of pyridine rings is 1. The first-order valence-electron chi connectivity index (χ1n) is 24.6. The zero-order valence-corrected chi connectivity index (χ0v) is 41.3. The Balaban J connectivity index is 0.000000236. The lowest BCUT2D eigenvalue weighted by molar-refractivity contribution is -0.131. The molecule has 17 nitrogen and oxygen atoms in total. The summed E-state index contributed by atoms with van der Waals surface area (Å²) >= 11 is 0. The molecule has 6 amide bonds. The Bertz CT molecular complexity index is 2640. The van der Waals surface area contributed by atoms with E-state index in [0.29, 0.717) is 62.9 Å². The summed E-state index contributed by atoms with van der Waals surface area (Å²) < 4.78 is 9.52. The highest BCUT2D eigenvalue weighted by Gasteiger charge is 2.36. The molecule has 2 fully saturated rings. The second kappa shape index (κ2) is 24.1. The molecule has 376 valence electrons. The first kappa shape index (κ1) is 52.5. The Kier molecular flexibility index (Phi) is 18.0. The molecule has 0 radical (unpaired) electrons. The molecular weight excluding hydrogens is 891 g/mol. The summed E-state index contributed by atoms with van der Waals surface area (Å²) in [6.45, 7) is 8.39. The van der Waals surface area contributed by atoms with E-state index in [9.17, 15) is 33.9 Å². The number of aromatic hydroxyl groups is 1. The highest BCUT2D eigenvalue weighted by molar-refractivity contribution is 6.00. The van der Waals surface area contributed by atoms with Crippen molar-refractivity contribution in [2.45, 2.75) is 122 Å². The quantitative estimate of drug-likeness (QED) is 0.0569. The number of amides is 6. The van der Waals surface area contributed by atoms with Crippen molar-refractivity contribution in [1.82, 2.24) is 35.4 Å². The molecule has 70 heavy (non-hydrogen) atoms. The van der Waals surface area contributed by atoms with E-state index in [1.807, 2.05) is 81.8 Å². The number of hydrogen-bond acceptors (Lipinski definition) is 9. The van der Waals surface area contributed by atoms with Gasteiger partial charge in [0.1, 0.15) is 35.0 Å². The standard InChI is InChI=1S/C30H39N5O4.C23H32N4O4/c1-19(2)16-25(28(31)36)34-29(37)23-9-4-5-10-24(23)33-30(38)27-17-20-11-12-22(18-26(20)35(27)3)39-15-13-21-8-6-7-14-32-21;1-13(2)10-18(21(24)29)26-22(30)16-6-4-5-7-17(16)25-23(31)20-11-14-8-9-15(28)12-19(14)27(20)3/h6-8,11-12,14,17-19,23-25H,4-5,9-10,13,15-16H2,1-3H3,(H2,31,36)(H,33,38)(H,34,37);8-9,11-13,16-18,28H,4-7,10H2,1-3H3,(H2,24,29)(H,25,31)(H,26,30)/t23-,24+,25+;16-,17+,18+/m11/s1. The molecule has 9 N–H and O–H groups in total. The SMILES string of the molecule is CC(C)C[C@H](NC(=O)[C@@H]1CCCC[C@@H]1NC(=O)c1cc2ccc(O)cc2n1C)C(N)=O.CC(C)C[C@H](NC(=O)[C@@H]1CCCC[C@@H]1NC(=O)c1cc2ccc(OCCc3ccccn3)cc2n1C)C(N)=O. The summed E-state index contributed by atoms with van der Waals surface area (Å²) in [6, 6.07) is 18.1. The van der Waals surface area contributed by atoms with Crippen molar-refractivity contribution in [2.75, 3.05) is 6.61 Å². The maximum absolute atomic E-state index is 13.4. The lowest BCUT2D eigenvalue weighted by atomic mass is 9.83. The third-order valence-electron chi connectivity index (χ3n) is 13.4. The number of phenolic OH excluding ortho intramolecular Hbond substituents is 1. The fourth-order valence-electron chi connectivity index (χ4n) is 9.69. The molecule has 0 saturated heterocycles. The van der Waals surface area contributed by atoms with Crippen LogP contribution in [0.2, 0.25) is 0 Å². The normalized spacial score (nSPS) is 18.9. The summed E-state index contributed by atoms with van der Waals surface area (Å²) in [5.41, 5.74) is 14.6. The highest BCUT2D eigenvalue weighted by Crippen LogP contribution is 2.29. The van der Waals surface area contributed by atoms with Crippen LogP contribution in [0.1, 0.15) is 119 Å². The molecule has 2 aliphatic carbocycles. The van der Waals surface area contributed by atoms with Gasteiger partial charge in [0, 0.05) is 67.4 Å². The van der Waals surface area contributed by atoms with Crippen LogP contribution in [0.25, 0.3) is 21.8 Å². The minimum Gasteiger partial charge on any atom is -0.508 e. The van der Waals surface area contributed by atoms with Gasteiger partial charge in [-0.1, -0.05) is 59.4 Å². The van der Waals surface area contributed by atoms with Crippen LogP contribution in [0, 0.1) is 23.7 Å². The van der Waals surface area contributed by atoms with E-state index in [4.69, 9.17) is 16.2 Å². The minimum atomic E-state index is -0.714. The van der Waals surface area contributed by atoms with E-state index in [-0.39, 0.29) is 53.3 Å². The molecule has 0 spiro atoms. The number of phenols is 1. The lowest BCUT2D eigenvalue weighted by Gasteiger charge is -2.32. The number of benzene rings is 2. The Labute approximate surface area is 409 Å². The number of fused-ring (bicyclic) bond motifs is 2. The largest absolute Gasteiger partial charge is 0.508 e. The molecule has 0 bridgehead atoms. The third kappa shape index (κ3) is 13.7. The van der Waals surface area contributed by atoms with Crippen molar-refractivity contribution >= 4 is 57.2 Å². The number of ether oxygens (including phenoxy) is 1. The van der Waals surface area contributed by atoms with Gasteiger partial charge in [0.2, 0.25) is 23.6 Å². The molecule has 7 rings (SSSR count). The maximum atomic E-state index is 13.4. The number of hydrogen-bond donors (Lipinski definition) is 7. The summed E-state index contributed by atoms with van der Waals surface area (Å²) in [6.07, 6.45) is 9.76. The van der Waals surface area contributed by atoms with Gasteiger partial charge in [-0.05, 0) is 98.9 Å². The van der Waals surface area contributed by atoms with Crippen molar-refractivity contribution in [3.05, 3.63) is 90.0 Å². The van der Waals surface area contributed by atoms with Gasteiger partial charge < -0.3 is 51.7 Å². The lowest BCUT2D eigenvalue weighted by Crippen LogP contribution is -2.53. The molecule has 3 aromatic heterocycles. The number of nitrogens with zero attached hydrogens (tertiary/aromatic N) is 3. The van der Waals surface area contributed by atoms with Crippen LogP contribution in [-0.2, 0) is 39.7 Å². The van der Waals surface area contributed by atoms with Crippen LogP contribution >= 0.6 is 0 Å². The maximum Gasteiger partial charge on any atom is 0.268 e. The van der Waals surface area contributed by atoms with Gasteiger partial charge in [-0.2, -0.15) is 0 Å². The van der Waals surface area contributed by atoms with Crippen LogP contribution in [0.3, 0.4) is 0 Å². The zero-order valence-electron chi connectivity index (χ0n) is 41.3. The number of nitrogens with two attached hydrogens (primary N) is 2. The minimum absolute atomic E-state index is 0.134. The van der Waals surface area contributed by atoms with E-state index in [1.165, 1.54) is 0 Å². The van der Waals surface area contributed by atoms with Crippen molar-refractivity contribution < 1.29 is 38.6 Å². The summed E-state index contributed by atoms with van der Waals surface area (Å²) in [5, 5.41) is 23.3. The van der Waals surface area contributed by atoms with Gasteiger partial charge in [0.25, 0.3) is 11.8 Å². The Morgan fingerprint density at radius 2 is 1.16 bits per heavy atom. The number of carbonyl (C=O) groups excluding carboxylic acids is 6. The van der Waals surface area contributed by atoms with E-state index in [2.05, 4.69) is 26.3 Å². The average Bonchev–Trinajstić information content (AvgIpc) is 3.83. The number of carbonyl (C=O) groups is 6. The topological polar surface area (TPSA) is 255 Å². The van der Waals surface area contributed by atoms with Gasteiger partial charge in [-0.15, -0.1) is 0 Å². The molecule has 5 aromatic rings. The fourth-order valence-corrected chi connectivity index (χ4v) is 9.69. The Hall–Kier alpha value is -6.91. The summed E-state index contributed by atoms with van der Waals surface area (Å²) in [7, 11) is 3.62. The molecule has 2 saturated carbocycles. The van der Waals surface area contributed by atoms with E-state index in [0.717, 1.165) is 58.9 Å². The number of nitrogens with one attached hydrogen (secondary N) is 4. The van der Waals surface area contributed by atoms with Crippen LogP contribution < -0.4 is 37.5 Å².